The van der Waals surface area contributed by atoms with Crippen LogP contribution in [0.2, 0.25) is 0 Å². The molecule has 5 aromatic rings. The monoisotopic (exact) mass is 720 g/mol. The van der Waals surface area contributed by atoms with E-state index in [4.69, 9.17) is 15.2 Å². The summed E-state index contributed by atoms with van der Waals surface area (Å²) in [6, 6.07) is 31.3. The fourth-order valence-electron chi connectivity index (χ4n) is 6.09. The number of aromatic nitrogens is 3. The molecule has 6 N–H and O–H groups in total. The molecule has 3 atom stereocenters. The van der Waals surface area contributed by atoms with Crippen molar-refractivity contribution in [2.24, 2.45) is 0 Å². The summed E-state index contributed by atoms with van der Waals surface area (Å²) in [4.78, 5) is 29.2. The van der Waals surface area contributed by atoms with Crippen LogP contribution in [-0.2, 0) is 32.2 Å². The van der Waals surface area contributed by atoms with Crippen molar-refractivity contribution in [1.82, 2.24) is 20.5 Å². The third-order valence-electron chi connectivity index (χ3n) is 8.94. The quantitative estimate of drug-likeness (QED) is 0.0407. The molecule has 1 saturated heterocycles. The number of unbranched alkanes of at least 4 members (excludes halogenated alkanes) is 2. The van der Waals surface area contributed by atoms with E-state index in [1.54, 1.807) is 23.9 Å². The number of nitrogens with two attached hydrogens (primary N) is 1. The van der Waals surface area contributed by atoms with Crippen molar-refractivity contribution in [3.63, 3.8) is 0 Å². The average Bonchev–Trinajstić information content (AvgIpc) is 3.71. The van der Waals surface area contributed by atoms with Crippen LogP contribution in [0.4, 0.5) is 11.4 Å². The van der Waals surface area contributed by atoms with Crippen LogP contribution in [0.3, 0.4) is 0 Å². The first kappa shape index (κ1) is 36.8. The van der Waals surface area contributed by atoms with Crippen molar-refractivity contribution in [3.8, 4) is 11.1 Å². The summed E-state index contributed by atoms with van der Waals surface area (Å²) in [7, 11) is 0. The van der Waals surface area contributed by atoms with E-state index in [2.05, 4.69) is 44.0 Å². The maximum atomic E-state index is 12.7. The van der Waals surface area contributed by atoms with Gasteiger partial charge in [-0.3, -0.25) is 14.7 Å². The second-order valence-electron chi connectivity index (χ2n) is 12.7. The highest BCUT2D eigenvalue weighted by Gasteiger charge is 2.32. The molecule has 0 bridgehead atoms. The Morgan fingerprint density at radius 1 is 0.865 bits per heavy atom. The van der Waals surface area contributed by atoms with Gasteiger partial charge in [0.15, 0.2) is 11.4 Å². The number of nitrogens with one attached hydrogen (secondary N) is 3. The van der Waals surface area contributed by atoms with Crippen molar-refractivity contribution in [3.05, 3.63) is 126 Å². The lowest BCUT2D eigenvalue weighted by Crippen LogP contribution is -2.31. The summed E-state index contributed by atoms with van der Waals surface area (Å²) in [5.41, 5.74) is 12.9. The largest absolute Gasteiger partial charge is 0.397 e. The number of hydrogen-bond acceptors (Lipinski definition) is 9. The topological polar surface area (TPSA) is 164 Å². The molecule has 0 saturated carbocycles. The van der Waals surface area contributed by atoms with Gasteiger partial charge >= 0.3 is 0 Å². The Kier molecular flexibility index (Phi) is 13.1. The van der Waals surface area contributed by atoms with E-state index < -0.39 is 6.29 Å². The van der Waals surface area contributed by atoms with Crippen molar-refractivity contribution >= 4 is 35.0 Å². The first-order valence-electron chi connectivity index (χ1n) is 17.5. The zero-order chi connectivity index (χ0) is 36.1. The smallest absolute Gasteiger partial charge is 0.224 e. The highest BCUT2D eigenvalue weighted by Crippen LogP contribution is 2.39. The minimum atomic E-state index is -0.572. The number of nitrogens with zero attached hydrogens (tertiary/aromatic N) is 2. The number of aliphatic hydroxyl groups excluding tert-OH is 1. The van der Waals surface area contributed by atoms with Gasteiger partial charge in [0, 0.05) is 37.1 Å². The van der Waals surface area contributed by atoms with Gasteiger partial charge in [-0.2, -0.15) is 5.10 Å². The third-order valence-corrected chi connectivity index (χ3v) is 9.95. The maximum Gasteiger partial charge on any atom is 0.224 e. The van der Waals surface area contributed by atoms with Gasteiger partial charge in [-0.25, -0.2) is 4.98 Å². The number of aliphatic hydroxyl groups is 1. The number of thioether (sulfide) groups is 1. The number of ether oxygens (including phenoxy) is 2. The number of hydrogen-bond donors (Lipinski definition) is 5. The fourth-order valence-corrected chi connectivity index (χ4v) is 6.89. The van der Waals surface area contributed by atoms with E-state index in [0.717, 1.165) is 45.0 Å². The van der Waals surface area contributed by atoms with Gasteiger partial charge in [-0.05, 0) is 52.8 Å². The van der Waals surface area contributed by atoms with Crippen LogP contribution < -0.4 is 16.4 Å². The van der Waals surface area contributed by atoms with E-state index in [1.807, 2.05) is 66.7 Å². The molecule has 3 unspecified atom stereocenters. The predicted molar refractivity (Wildman–Crippen MR) is 202 cm³/mol. The van der Waals surface area contributed by atoms with Crippen molar-refractivity contribution in [2.45, 2.75) is 75.3 Å². The second-order valence-corrected chi connectivity index (χ2v) is 13.7. The summed E-state index contributed by atoms with van der Waals surface area (Å²) < 4.78 is 13.0. The van der Waals surface area contributed by atoms with Crippen molar-refractivity contribution in [2.75, 3.05) is 16.8 Å². The van der Waals surface area contributed by atoms with Crippen LogP contribution in [0.1, 0.15) is 73.2 Å². The summed E-state index contributed by atoms with van der Waals surface area (Å²) in [6.07, 6.45) is 4.27. The van der Waals surface area contributed by atoms with Crippen molar-refractivity contribution in [1.29, 1.82) is 0 Å². The summed E-state index contributed by atoms with van der Waals surface area (Å²) in [5.74, 6) is 0.580. The number of aromatic amines is 1. The molecule has 1 aliphatic rings. The number of para-hydroxylation sites is 2. The zero-order valence-electron chi connectivity index (χ0n) is 28.9. The van der Waals surface area contributed by atoms with Gasteiger partial charge in [0.25, 0.3) is 0 Å². The number of nitrogen functional groups attached to an aromatic ring is 1. The Balaban J connectivity index is 1.02. The summed E-state index contributed by atoms with van der Waals surface area (Å²) >= 11 is 1.56. The molecule has 0 radical (unpaired) electrons. The molecule has 1 fully saturated rings. The maximum absolute atomic E-state index is 12.7. The normalized spacial score (nSPS) is 17.1. The molecule has 0 spiro atoms. The number of amides is 2. The molecule has 11 nitrogen and oxygen atoms in total. The van der Waals surface area contributed by atoms with Gasteiger partial charge in [0.1, 0.15) is 6.33 Å². The van der Waals surface area contributed by atoms with E-state index in [1.165, 1.54) is 6.33 Å². The lowest BCUT2D eigenvalue weighted by atomic mass is 9.97. The molecular weight excluding hydrogens is 677 g/mol. The van der Waals surface area contributed by atoms with Crippen LogP contribution >= 0.6 is 11.8 Å². The number of carbonyl (C=O) groups excluding carboxylic acids is 2. The predicted octanol–water partition coefficient (Wildman–Crippen LogP) is 7.09. The summed E-state index contributed by atoms with van der Waals surface area (Å²) in [5, 5.41) is 23.0. The van der Waals surface area contributed by atoms with E-state index in [-0.39, 0.29) is 30.6 Å². The number of carbonyl (C=O) groups is 2. The molecular formula is C40H44N6O5S. The SMILES string of the molecule is Nc1ccccc1NC(=O)CCCCCC(=O)NCc1ccccc1-c1ccc(C2OC(CSc3ncn[nH]3)CC(c3ccc(CO)cc3)O2)cc1. The third kappa shape index (κ3) is 10.3. The number of anilines is 2. The lowest BCUT2D eigenvalue weighted by molar-refractivity contribution is -0.245. The minimum Gasteiger partial charge on any atom is -0.397 e. The molecule has 12 heteroatoms. The van der Waals surface area contributed by atoms with Gasteiger partial charge in [-0.1, -0.05) is 103 Å². The Morgan fingerprint density at radius 3 is 2.35 bits per heavy atom. The van der Waals surface area contributed by atoms with Gasteiger partial charge < -0.3 is 30.9 Å². The van der Waals surface area contributed by atoms with Crippen LogP contribution in [0, 0.1) is 0 Å². The highest BCUT2D eigenvalue weighted by atomic mass is 32.2. The highest BCUT2D eigenvalue weighted by molar-refractivity contribution is 7.99. The molecule has 2 amide bonds. The summed E-state index contributed by atoms with van der Waals surface area (Å²) in [6.45, 7) is 0.402. The van der Waals surface area contributed by atoms with Crippen LogP contribution in [0.15, 0.2) is 109 Å². The Labute approximate surface area is 307 Å². The standard InChI is InChI=1S/C40H44N6O5S/c41-34-10-6-7-11-35(34)45-38(49)13-3-1-2-12-37(48)42-23-31-8-4-5-9-33(31)28-18-20-30(21-19-28)39-50-32(25-52-40-43-26-44-46-40)22-36(51-39)29-16-14-27(24-47)15-17-29/h4-11,14-21,26,32,36,39,47H,1-3,12-13,22-25,41H2,(H,42,48)(H,45,49)(H,43,44,46). The zero-order valence-corrected chi connectivity index (χ0v) is 29.7. The lowest BCUT2D eigenvalue weighted by Gasteiger charge is -2.36. The Bertz CT molecular complexity index is 1890. The minimum absolute atomic E-state index is 0.00853. The Morgan fingerprint density at radius 2 is 1.60 bits per heavy atom. The number of rotatable bonds is 16. The molecule has 4 aromatic carbocycles. The van der Waals surface area contributed by atoms with E-state index in [0.29, 0.717) is 55.8 Å². The first-order chi connectivity index (χ1) is 25.4. The molecule has 1 aliphatic heterocycles. The molecule has 52 heavy (non-hydrogen) atoms. The molecule has 1 aromatic heterocycles. The van der Waals surface area contributed by atoms with Gasteiger partial charge in [0.2, 0.25) is 11.8 Å². The van der Waals surface area contributed by atoms with Gasteiger partial charge in [-0.15, -0.1) is 0 Å². The van der Waals surface area contributed by atoms with Crippen LogP contribution in [-0.4, -0.2) is 44.0 Å². The van der Waals surface area contributed by atoms with E-state index >= 15 is 0 Å². The van der Waals surface area contributed by atoms with Crippen molar-refractivity contribution < 1.29 is 24.2 Å². The second kappa shape index (κ2) is 18.5. The van der Waals surface area contributed by atoms with Crippen LogP contribution in [0.25, 0.3) is 11.1 Å². The molecule has 270 valence electrons. The first-order valence-corrected chi connectivity index (χ1v) is 18.5. The number of benzene rings is 4. The Hall–Kier alpha value is -5.01. The molecule has 0 aliphatic carbocycles. The van der Waals surface area contributed by atoms with Crippen LogP contribution in [0.5, 0.6) is 0 Å². The van der Waals surface area contributed by atoms with E-state index in [9.17, 15) is 14.7 Å². The fraction of sp³-hybridized carbons (Fsp3) is 0.300. The number of H-pyrrole nitrogens is 1. The van der Waals surface area contributed by atoms with Gasteiger partial charge in [0.05, 0.1) is 30.2 Å². The average molecular weight is 721 g/mol. The molecule has 2 heterocycles. The molecule has 6 rings (SSSR count).